The molecule has 1 fully saturated rings. The highest BCUT2D eigenvalue weighted by molar-refractivity contribution is 6.54. The molecule has 0 aromatic carbocycles. The van der Waals surface area contributed by atoms with E-state index in [0.29, 0.717) is 0 Å². The van der Waals surface area contributed by atoms with E-state index in [9.17, 15) is 0 Å². The van der Waals surface area contributed by atoms with Gasteiger partial charge in [0, 0.05) is 13.2 Å². The van der Waals surface area contributed by atoms with Gasteiger partial charge in [-0.3, -0.25) is 0 Å². The summed E-state index contributed by atoms with van der Waals surface area (Å²) < 4.78 is 17.4. The van der Waals surface area contributed by atoms with Crippen molar-refractivity contribution in [2.45, 2.75) is 59.2 Å². The van der Waals surface area contributed by atoms with Crippen molar-refractivity contribution < 1.29 is 14.0 Å². The van der Waals surface area contributed by atoms with E-state index in [4.69, 9.17) is 14.0 Å². The number of rotatable bonds is 5. The van der Waals surface area contributed by atoms with Crippen LogP contribution in [0.3, 0.4) is 0 Å². The standard InChI is InChI=1S/C13H25BO3/c1-7-11(9-10-15-8-2)14-16-12(3,4)13(5,6)17-14/h7H,8-10H2,1-6H3/b11-7+. The van der Waals surface area contributed by atoms with Crippen LogP contribution >= 0.6 is 0 Å². The van der Waals surface area contributed by atoms with Gasteiger partial charge in [-0.15, -0.1) is 0 Å². The molecule has 0 bridgehead atoms. The Hall–Kier alpha value is -0.315. The smallest absolute Gasteiger partial charge is 0.400 e. The van der Waals surface area contributed by atoms with Crippen LogP contribution in [0.2, 0.25) is 0 Å². The minimum atomic E-state index is -0.266. The van der Waals surface area contributed by atoms with Crippen molar-refractivity contribution in [1.82, 2.24) is 0 Å². The van der Waals surface area contributed by atoms with Crippen molar-refractivity contribution in [3.05, 3.63) is 11.5 Å². The van der Waals surface area contributed by atoms with Crippen LogP contribution in [-0.2, 0) is 14.0 Å². The zero-order chi connectivity index (χ0) is 13.1. The third-order valence-electron chi connectivity index (χ3n) is 3.67. The van der Waals surface area contributed by atoms with Gasteiger partial charge >= 0.3 is 7.12 Å². The summed E-state index contributed by atoms with van der Waals surface area (Å²) >= 11 is 0. The van der Waals surface area contributed by atoms with Crippen molar-refractivity contribution >= 4 is 7.12 Å². The van der Waals surface area contributed by atoms with Crippen LogP contribution in [0, 0.1) is 0 Å². The summed E-state index contributed by atoms with van der Waals surface area (Å²) in [7, 11) is -0.231. The van der Waals surface area contributed by atoms with Gasteiger partial charge in [0.1, 0.15) is 0 Å². The molecule has 0 aromatic rings. The first kappa shape index (κ1) is 14.7. The summed E-state index contributed by atoms with van der Waals surface area (Å²) in [6.07, 6.45) is 2.93. The molecule has 1 aliphatic heterocycles. The Morgan fingerprint density at radius 2 is 1.71 bits per heavy atom. The van der Waals surface area contributed by atoms with E-state index < -0.39 is 0 Å². The Morgan fingerprint density at radius 3 is 2.12 bits per heavy atom. The molecule has 1 rings (SSSR count). The van der Waals surface area contributed by atoms with E-state index >= 15 is 0 Å². The average molecular weight is 240 g/mol. The van der Waals surface area contributed by atoms with E-state index in [-0.39, 0.29) is 18.3 Å². The third-order valence-corrected chi connectivity index (χ3v) is 3.67. The second-order valence-corrected chi connectivity index (χ2v) is 5.40. The van der Waals surface area contributed by atoms with Crippen LogP contribution in [-0.4, -0.2) is 31.5 Å². The van der Waals surface area contributed by atoms with Crippen molar-refractivity contribution in [1.29, 1.82) is 0 Å². The molecule has 0 aromatic heterocycles. The molecule has 0 atom stereocenters. The molecular formula is C13H25BO3. The summed E-state index contributed by atoms with van der Waals surface area (Å²) in [5.74, 6) is 0. The van der Waals surface area contributed by atoms with E-state index in [2.05, 4.69) is 33.8 Å². The van der Waals surface area contributed by atoms with Gasteiger partial charge in [0.25, 0.3) is 0 Å². The summed E-state index contributed by atoms with van der Waals surface area (Å²) in [4.78, 5) is 0. The Balaban J connectivity index is 2.62. The maximum atomic E-state index is 6.00. The Morgan fingerprint density at radius 1 is 1.18 bits per heavy atom. The minimum Gasteiger partial charge on any atom is -0.400 e. The summed E-state index contributed by atoms with van der Waals surface area (Å²) in [5, 5.41) is 0. The Labute approximate surface area is 106 Å². The minimum absolute atomic E-state index is 0.231. The van der Waals surface area contributed by atoms with Crippen molar-refractivity contribution in [3.63, 3.8) is 0 Å². The molecule has 0 spiro atoms. The van der Waals surface area contributed by atoms with Gasteiger partial charge in [-0.25, -0.2) is 0 Å². The predicted octanol–water partition coefficient (Wildman–Crippen LogP) is 2.99. The lowest BCUT2D eigenvalue weighted by Crippen LogP contribution is -2.41. The molecular weight excluding hydrogens is 215 g/mol. The molecule has 0 unspecified atom stereocenters. The van der Waals surface area contributed by atoms with Gasteiger partial charge in [-0.05, 0) is 53.4 Å². The molecule has 17 heavy (non-hydrogen) atoms. The van der Waals surface area contributed by atoms with Gasteiger partial charge < -0.3 is 14.0 Å². The number of hydrogen-bond acceptors (Lipinski definition) is 3. The molecule has 1 saturated heterocycles. The topological polar surface area (TPSA) is 27.7 Å². The van der Waals surface area contributed by atoms with E-state index in [1.165, 1.54) is 0 Å². The molecule has 1 aliphatic rings. The number of allylic oxidation sites excluding steroid dienone is 1. The fourth-order valence-corrected chi connectivity index (χ4v) is 1.73. The van der Waals surface area contributed by atoms with Crippen molar-refractivity contribution in [2.75, 3.05) is 13.2 Å². The molecule has 0 N–H and O–H groups in total. The van der Waals surface area contributed by atoms with Crippen molar-refractivity contribution in [2.24, 2.45) is 0 Å². The second-order valence-electron chi connectivity index (χ2n) is 5.40. The average Bonchev–Trinajstić information content (AvgIpc) is 2.43. The fourth-order valence-electron chi connectivity index (χ4n) is 1.73. The van der Waals surface area contributed by atoms with E-state index in [1.54, 1.807) is 0 Å². The maximum Gasteiger partial charge on any atom is 0.490 e. The van der Waals surface area contributed by atoms with Crippen molar-refractivity contribution in [3.8, 4) is 0 Å². The van der Waals surface area contributed by atoms with Gasteiger partial charge in [0.15, 0.2) is 0 Å². The fraction of sp³-hybridized carbons (Fsp3) is 0.846. The van der Waals surface area contributed by atoms with Crippen LogP contribution in [0.4, 0.5) is 0 Å². The molecule has 0 amide bonds. The predicted molar refractivity (Wildman–Crippen MR) is 70.9 cm³/mol. The summed E-state index contributed by atoms with van der Waals surface area (Å²) in [6, 6.07) is 0. The Kier molecular flexibility index (Phi) is 4.81. The Bertz CT molecular complexity index is 268. The van der Waals surface area contributed by atoms with Gasteiger partial charge in [0.2, 0.25) is 0 Å². The zero-order valence-electron chi connectivity index (χ0n) is 12.0. The van der Waals surface area contributed by atoms with Crippen LogP contribution in [0.5, 0.6) is 0 Å². The lowest BCUT2D eigenvalue weighted by Gasteiger charge is -2.32. The van der Waals surface area contributed by atoms with Crippen LogP contribution in [0.15, 0.2) is 11.5 Å². The monoisotopic (exact) mass is 240 g/mol. The zero-order valence-corrected chi connectivity index (χ0v) is 12.0. The SMILES string of the molecule is C/C=C(\CCOCC)B1OC(C)(C)C(C)(C)O1. The first-order valence-electron chi connectivity index (χ1n) is 6.42. The number of hydrogen-bond donors (Lipinski definition) is 0. The van der Waals surface area contributed by atoms with Crippen LogP contribution in [0.25, 0.3) is 0 Å². The highest BCUT2D eigenvalue weighted by Crippen LogP contribution is 2.38. The first-order chi connectivity index (χ1) is 7.84. The first-order valence-corrected chi connectivity index (χ1v) is 6.42. The molecule has 3 nitrogen and oxygen atoms in total. The molecule has 98 valence electrons. The molecule has 0 aliphatic carbocycles. The van der Waals surface area contributed by atoms with Crippen LogP contribution in [0.1, 0.15) is 48.0 Å². The van der Waals surface area contributed by atoms with Crippen LogP contribution < -0.4 is 0 Å². The maximum absolute atomic E-state index is 6.00. The largest absolute Gasteiger partial charge is 0.490 e. The lowest BCUT2D eigenvalue weighted by molar-refractivity contribution is 0.00578. The quantitative estimate of drug-likeness (QED) is 0.546. The highest BCUT2D eigenvalue weighted by atomic mass is 16.7. The molecule has 0 radical (unpaired) electrons. The highest BCUT2D eigenvalue weighted by Gasteiger charge is 2.51. The van der Waals surface area contributed by atoms with Gasteiger partial charge in [-0.1, -0.05) is 6.08 Å². The van der Waals surface area contributed by atoms with E-state index in [1.807, 2.05) is 13.8 Å². The van der Waals surface area contributed by atoms with E-state index in [0.717, 1.165) is 25.1 Å². The molecule has 1 heterocycles. The lowest BCUT2D eigenvalue weighted by atomic mass is 9.76. The van der Waals surface area contributed by atoms with Gasteiger partial charge in [-0.2, -0.15) is 0 Å². The molecule has 4 heteroatoms. The second kappa shape index (κ2) is 5.55. The number of ether oxygens (including phenoxy) is 1. The van der Waals surface area contributed by atoms with Gasteiger partial charge in [0.05, 0.1) is 11.2 Å². The summed E-state index contributed by atoms with van der Waals surface area (Å²) in [6.45, 7) is 13.8. The summed E-state index contributed by atoms with van der Waals surface area (Å²) in [5.41, 5.74) is 0.631. The normalized spacial score (nSPS) is 23.2. The molecule has 0 saturated carbocycles. The third kappa shape index (κ3) is 3.33.